The maximum absolute atomic E-state index is 5.87. The van der Waals surface area contributed by atoms with Crippen molar-refractivity contribution in [2.24, 2.45) is 17.6 Å². The molecule has 0 aromatic rings. The van der Waals surface area contributed by atoms with Crippen molar-refractivity contribution < 1.29 is 0 Å². The first-order valence-corrected chi connectivity index (χ1v) is 6.27. The molecule has 0 aromatic heterocycles. The number of rotatable bonds is 4. The van der Waals surface area contributed by atoms with Crippen LogP contribution in [0.2, 0.25) is 0 Å². The minimum Gasteiger partial charge on any atom is -0.329 e. The van der Waals surface area contributed by atoms with Crippen molar-refractivity contribution in [2.45, 2.75) is 45.1 Å². The Labute approximate surface area is 87.8 Å². The van der Waals surface area contributed by atoms with Gasteiger partial charge in [-0.15, -0.1) is 0 Å². The fraction of sp³-hybridized carbons (Fsp3) is 1.00. The van der Waals surface area contributed by atoms with Crippen LogP contribution in [0.25, 0.3) is 0 Å². The maximum Gasteiger partial charge on any atom is 0.0221 e. The van der Waals surface area contributed by atoms with Crippen molar-refractivity contribution in [1.82, 2.24) is 4.90 Å². The third kappa shape index (κ3) is 2.48. The molecular formula is C12H24N2. The lowest BCUT2D eigenvalue weighted by atomic mass is 9.89. The molecule has 1 aliphatic carbocycles. The Hall–Kier alpha value is -0.0800. The van der Waals surface area contributed by atoms with Crippen molar-refractivity contribution in [3.63, 3.8) is 0 Å². The first-order valence-electron chi connectivity index (χ1n) is 6.27. The van der Waals surface area contributed by atoms with Gasteiger partial charge in [0.1, 0.15) is 0 Å². The van der Waals surface area contributed by atoms with E-state index >= 15 is 0 Å². The molecular weight excluding hydrogens is 172 g/mol. The molecule has 1 aliphatic heterocycles. The van der Waals surface area contributed by atoms with Gasteiger partial charge in [0.25, 0.3) is 0 Å². The summed E-state index contributed by atoms with van der Waals surface area (Å²) in [5, 5.41) is 0. The zero-order chi connectivity index (χ0) is 9.97. The van der Waals surface area contributed by atoms with Gasteiger partial charge in [0.15, 0.2) is 0 Å². The van der Waals surface area contributed by atoms with Crippen LogP contribution in [0, 0.1) is 11.8 Å². The topological polar surface area (TPSA) is 29.3 Å². The molecule has 2 atom stereocenters. The van der Waals surface area contributed by atoms with Crippen LogP contribution in [0.3, 0.4) is 0 Å². The predicted octanol–water partition coefficient (Wildman–Crippen LogP) is 1.85. The summed E-state index contributed by atoms with van der Waals surface area (Å²) in [5.74, 6) is 1.96. The highest BCUT2D eigenvalue weighted by Gasteiger charge is 2.31. The summed E-state index contributed by atoms with van der Waals surface area (Å²) in [5.41, 5.74) is 5.87. The van der Waals surface area contributed by atoms with E-state index in [0.717, 1.165) is 18.4 Å². The van der Waals surface area contributed by atoms with Gasteiger partial charge in [-0.25, -0.2) is 0 Å². The first-order chi connectivity index (χ1) is 6.83. The molecule has 82 valence electrons. The Balaban J connectivity index is 1.83. The van der Waals surface area contributed by atoms with E-state index in [2.05, 4.69) is 11.8 Å². The fourth-order valence-electron chi connectivity index (χ4n) is 2.67. The van der Waals surface area contributed by atoms with Crippen LogP contribution in [-0.2, 0) is 0 Å². The molecule has 0 spiro atoms. The highest BCUT2D eigenvalue weighted by atomic mass is 15.2. The zero-order valence-corrected chi connectivity index (χ0v) is 9.41. The van der Waals surface area contributed by atoms with Crippen LogP contribution < -0.4 is 5.73 Å². The number of hydrogen-bond acceptors (Lipinski definition) is 2. The Morgan fingerprint density at radius 3 is 2.57 bits per heavy atom. The SMILES string of the molecule is CCC1CCN(CC2CC2)C(CN)C1. The average Bonchev–Trinajstić information content (AvgIpc) is 3.02. The van der Waals surface area contributed by atoms with Crippen LogP contribution >= 0.6 is 0 Å². The Morgan fingerprint density at radius 2 is 2.00 bits per heavy atom. The summed E-state index contributed by atoms with van der Waals surface area (Å²) >= 11 is 0. The normalized spacial score (nSPS) is 34.7. The lowest BCUT2D eigenvalue weighted by Crippen LogP contribution is -2.47. The Kier molecular flexibility index (Phi) is 3.45. The van der Waals surface area contributed by atoms with Gasteiger partial charge in [-0.3, -0.25) is 4.90 Å². The number of nitrogens with zero attached hydrogens (tertiary/aromatic N) is 1. The van der Waals surface area contributed by atoms with Gasteiger partial charge in [0.05, 0.1) is 0 Å². The fourth-order valence-corrected chi connectivity index (χ4v) is 2.67. The van der Waals surface area contributed by atoms with Crippen molar-refractivity contribution in [3.8, 4) is 0 Å². The van der Waals surface area contributed by atoms with Crippen LogP contribution in [-0.4, -0.2) is 30.6 Å². The smallest absolute Gasteiger partial charge is 0.0221 e. The predicted molar refractivity (Wildman–Crippen MR) is 60.2 cm³/mol. The molecule has 0 aromatic carbocycles. The summed E-state index contributed by atoms with van der Waals surface area (Å²) < 4.78 is 0. The van der Waals surface area contributed by atoms with E-state index in [4.69, 9.17) is 5.73 Å². The van der Waals surface area contributed by atoms with Crippen LogP contribution in [0.1, 0.15) is 39.0 Å². The largest absolute Gasteiger partial charge is 0.329 e. The summed E-state index contributed by atoms with van der Waals surface area (Å²) in [6.45, 7) is 5.81. The maximum atomic E-state index is 5.87. The van der Waals surface area contributed by atoms with E-state index in [0.29, 0.717) is 6.04 Å². The third-order valence-electron chi connectivity index (χ3n) is 3.99. The van der Waals surface area contributed by atoms with Crippen molar-refractivity contribution in [3.05, 3.63) is 0 Å². The van der Waals surface area contributed by atoms with E-state index < -0.39 is 0 Å². The summed E-state index contributed by atoms with van der Waals surface area (Å²) in [6.07, 6.45) is 7.02. The number of piperidine rings is 1. The lowest BCUT2D eigenvalue weighted by molar-refractivity contribution is 0.109. The molecule has 2 rings (SSSR count). The Morgan fingerprint density at radius 1 is 1.21 bits per heavy atom. The molecule has 2 unspecified atom stereocenters. The molecule has 2 aliphatic rings. The molecule has 1 heterocycles. The average molecular weight is 196 g/mol. The minimum absolute atomic E-state index is 0.689. The van der Waals surface area contributed by atoms with Crippen molar-refractivity contribution in [1.29, 1.82) is 0 Å². The van der Waals surface area contributed by atoms with Gasteiger partial charge in [0, 0.05) is 19.1 Å². The number of nitrogens with two attached hydrogens (primary N) is 1. The van der Waals surface area contributed by atoms with Crippen LogP contribution in [0.15, 0.2) is 0 Å². The van der Waals surface area contributed by atoms with Gasteiger partial charge in [-0.2, -0.15) is 0 Å². The van der Waals surface area contributed by atoms with Crippen LogP contribution in [0.4, 0.5) is 0 Å². The second-order valence-electron chi connectivity index (χ2n) is 5.13. The molecule has 0 amide bonds. The lowest BCUT2D eigenvalue weighted by Gasteiger charge is -2.39. The number of likely N-dealkylation sites (tertiary alicyclic amines) is 1. The molecule has 2 heteroatoms. The highest BCUT2D eigenvalue weighted by Crippen LogP contribution is 2.33. The standard InChI is InChI=1S/C12H24N2/c1-2-10-5-6-14(9-11-3-4-11)12(7-10)8-13/h10-12H,2-9,13H2,1H3. The van der Waals surface area contributed by atoms with E-state index in [1.54, 1.807) is 0 Å². The molecule has 2 nitrogen and oxygen atoms in total. The number of hydrogen-bond donors (Lipinski definition) is 1. The highest BCUT2D eigenvalue weighted by molar-refractivity contribution is 4.86. The molecule has 2 fully saturated rings. The van der Waals surface area contributed by atoms with Gasteiger partial charge in [0.2, 0.25) is 0 Å². The van der Waals surface area contributed by atoms with Gasteiger partial charge in [-0.1, -0.05) is 13.3 Å². The van der Waals surface area contributed by atoms with E-state index in [1.807, 2.05) is 0 Å². The summed E-state index contributed by atoms with van der Waals surface area (Å²) in [7, 11) is 0. The first kappa shape index (κ1) is 10.4. The van der Waals surface area contributed by atoms with E-state index in [1.165, 1.54) is 45.2 Å². The summed E-state index contributed by atoms with van der Waals surface area (Å²) in [4.78, 5) is 2.66. The van der Waals surface area contributed by atoms with E-state index in [-0.39, 0.29) is 0 Å². The van der Waals surface area contributed by atoms with E-state index in [9.17, 15) is 0 Å². The second kappa shape index (κ2) is 4.63. The third-order valence-corrected chi connectivity index (χ3v) is 3.99. The van der Waals surface area contributed by atoms with Crippen molar-refractivity contribution >= 4 is 0 Å². The van der Waals surface area contributed by atoms with Gasteiger partial charge < -0.3 is 5.73 Å². The molecule has 14 heavy (non-hydrogen) atoms. The molecule has 1 saturated carbocycles. The van der Waals surface area contributed by atoms with Crippen molar-refractivity contribution in [2.75, 3.05) is 19.6 Å². The second-order valence-corrected chi connectivity index (χ2v) is 5.13. The molecule has 0 radical (unpaired) electrons. The van der Waals surface area contributed by atoms with Crippen LogP contribution in [0.5, 0.6) is 0 Å². The Bertz CT molecular complexity index is 177. The quantitative estimate of drug-likeness (QED) is 0.743. The van der Waals surface area contributed by atoms with Gasteiger partial charge >= 0.3 is 0 Å². The minimum atomic E-state index is 0.689. The zero-order valence-electron chi connectivity index (χ0n) is 9.41. The molecule has 0 bridgehead atoms. The molecule has 1 saturated heterocycles. The molecule has 2 N–H and O–H groups in total. The van der Waals surface area contributed by atoms with Gasteiger partial charge in [-0.05, 0) is 44.1 Å². The summed E-state index contributed by atoms with van der Waals surface area (Å²) in [6, 6.07) is 0.689. The monoisotopic (exact) mass is 196 g/mol.